The number of amides is 2. The second-order valence-electron chi connectivity index (χ2n) is 5.44. The van der Waals surface area contributed by atoms with Crippen LogP contribution < -0.4 is 5.32 Å². The summed E-state index contributed by atoms with van der Waals surface area (Å²) in [6.07, 6.45) is 3.71. The molecule has 2 aromatic rings. The number of aromatic nitrogens is 2. The van der Waals surface area contributed by atoms with E-state index >= 15 is 0 Å². The van der Waals surface area contributed by atoms with Gasteiger partial charge < -0.3 is 4.90 Å². The number of carbonyl (C=O) groups excluding carboxylic acids is 1. The largest absolute Gasteiger partial charge is 0.324 e. The van der Waals surface area contributed by atoms with Gasteiger partial charge in [0.2, 0.25) is 0 Å². The number of anilines is 1. The van der Waals surface area contributed by atoms with E-state index in [9.17, 15) is 4.79 Å². The number of benzene rings is 1. The minimum absolute atomic E-state index is 0.0369. The van der Waals surface area contributed by atoms with E-state index in [1.807, 2.05) is 18.0 Å². The zero-order valence-electron chi connectivity index (χ0n) is 12.2. The van der Waals surface area contributed by atoms with E-state index < -0.39 is 0 Å². The van der Waals surface area contributed by atoms with Crippen LogP contribution in [0.5, 0.6) is 0 Å². The van der Waals surface area contributed by atoms with Crippen LogP contribution in [0.2, 0.25) is 0 Å². The molecule has 1 aliphatic heterocycles. The third kappa shape index (κ3) is 3.07. The lowest BCUT2D eigenvalue weighted by Gasteiger charge is -2.32. The van der Waals surface area contributed by atoms with Crippen molar-refractivity contribution >= 4 is 11.8 Å². The molecule has 21 heavy (non-hydrogen) atoms. The summed E-state index contributed by atoms with van der Waals surface area (Å²) in [6, 6.07) is 12.3. The van der Waals surface area contributed by atoms with Crippen molar-refractivity contribution in [3.05, 3.63) is 48.2 Å². The standard InChI is InChI=1S/C16H20N4O/c1-19-15(7-10-17-19)18-16(21)20-11-8-14(9-12-20)13-5-3-2-4-6-13/h2-7,10,14H,8-9,11-12H2,1H3,(H,18,21). The average Bonchev–Trinajstić information content (AvgIpc) is 2.93. The summed E-state index contributed by atoms with van der Waals surface area (Å²) in [5.41, 5.74) is 1.38. The molecule has 0 atom stereocenters. The fraction of sp³-hybridized carbons (Fsp3) is 0.375. The average molecular weight is 284 g/mol. The Morgan fingerprint density at radius 3 is 2.52 bits per heavy atom. The van der Waals surface area contributed by atoms with E-state index in [1.165, 1.54) is 5.56 Å². The van der Waals surface area contributed by atoms with Crippen LogP contribution in [0.3, 0.4) is 0 Å². The van der Waals surface area contributed by atoms with Crippen LogP contribution in [0.1, 0.15) is 24.3 Å². The van der Waals surface area contributed by atoms with E-state index in [1.54, 1.807) is 16.9 Å². The minimum atomic E-state index is -0.0369. The quantitative estimate of drug-likeness (QED) is 0.922. The molecule has 1 fully saturated rings. The van der Waals surface area contributed by atoms with E-state index in [2.05, 4.69) is 34.7 Å². The van der Waals surface area contributed by atoms with Crippen molar-refractivity contribution in [1.82, 2.24) is 14.7 Å². The van der Waals surface area contributed by atoms with Crippen molar-refractivity contribution in [2.75, 3.05) is 18.4 Å². The van der Waals surface area contributed by atoms with Gasteiger partial charge in [0.15, 0.2) is 0 Å². The Labute approximate surface area is 124 Å². The number of rotatable bonds is 2. The number of hydrogen-bond donors (Lipinski definition) is 1. The van der Waals surface area contributed by atoms with Crippen LogP contribution in [0, 0.1) is 0 Å². The lowest BCUT2D eigenvalue weighted by molar-refractivity contribution is 0.194. The Morgan fingerprint density at radius 1 is 1.19 bits per heavy atom. The van der Waals surface area contributed by atoms with E-state index in [-0.39, 0.29) is 6.03 Å². The molecular formula is C16H20N4O. The molecule has 0 spiro atoms. The maximum absolute atomic E-state index is 12.2. The number of urea groups is 1. The zero-order chi connectivity index (χ0) is 14.7. The predicted molar refractivity (Wildman–Crippen MR) is 82.2 cm³/mol. The molecule has 110 valence electrons. The van der Waals surface area contributed by atoms with E-state index in [0.29, 0.717) is 5.92 Å². The molecule has 1 saturated heterocycles. The van der Waals surface area contributed by atoms with Gasteiger partial charge in [-0.15, -0.1) is 0 Å². The molecule has 0 aliphatic carbocycles. The topological polar surface area (TPSA) is 50.2 Å². The molecule has 1 N–H and O–H groups in total. The fourth-order valence-corrected chi connectivity index (χ4v) is 2.83. The summed E-state index contributed by atoms with van der Waals surface area (Å²) in [5, 5.41) is 6.95. The van der Waals surface area contributed by atoms with Crippen molar-refractivity contribution in [3.63, 3.8) is 0 Å². The third-order valence-electron chi connectivity index (χ3n) is 4.11. The Morgan fingerprint density at radius 2 is 1.90 bits per heavy atom. The zero-order valence-corrected chi connectivity index (χ0v) is 12.2. The lowest BCUT2D eigenvalue weighted by Crippen LogP contribution is -2.40. The van der Waals surface area contributed by atoms with Crippen molar-refractivity contribution in [2.24, 2.45) is 7.05 Å². The second kappa shape index (κ2) is 5.99. The highest BCUT2D eigenvalue weighted by atomic mass is 16.2. The summed E-state index contributed by atoms with van der Waals surface area (Å²) >= 11 is 0. The van der Waals surface area contributed by atoms with Crippen LogP contribution in [-0.2, 0) is 7.05 Å². The first-order chi connectivity index (χ1) is 10.2. The van der Waals surface area contributed by atoms with Gasteiger partial charge in [-0.05, 0) is 24.3 Å². The number of carbonyl (C=O) groups is 1. The fourth-order valence-electron chi connectivity index (χ4n) is 2.83. The summed E-state index contributed by atoms with van der Waals surface area (Å²) in [7, 11) is 1.82. The van der Waals surface area contributed by atoms with Gasteiger partial charge in [0.25, 0.3) is 0 Å². The molecule has 0 radical (unpaired) electrons. The highest BCUT2D eigenvalue weighted by Gasteiger charge is 2.24. The highest BCUT2D eigenvalue weighted by Crippen LogP contribution is 2.27. The van der Waals surface area contributed by atoms with Crippen molar-refractivity contribution in [1.29, 1.82) is 0 Å². The molecule has 1 aromatic heterocycles. The molecule has 3 rings (SSSR count). The van der Waals surface area contributed by atoms with Crippen LogP contribution in [0.25, 0.3) is 0 Å². The van der Waals surface area contributed by atoms with Crippen LogP contribution in [-0.4, -0.2) is 33.8 Å². The van der Waals surface area contributed by atoms with Gasteiger partial charge in [-0.3, -0.25) is 10.00 Å². The molecule has 2 amide bonds. The number of nitrogens with one attached hydrogen (secondary N) is 1. The summed E-state index contributed by atoms with van der Waals surface area (Å²) in [6.45, 7) is 1.59. The molecule has 1 aliphatic rings. The van der Waals surface area contributed by atoms with Gasteiger partial charge in [-0.25, -0.2) is 4.79 Å². The van der Waals surface area contributed by atoms with Crippen molar-refractivity contribution in [2.45, 2.75) is 18.8 Å². The lowest BCUT2D eigenvalue weighted by atomic mass is 9.90. The molecule has 1 aromatic carbocycles. The summed E-state index contributed by atoms with van der Waals surface area (Å²) in [5.74, 6) is 1.29. The Kier molecular flexibility index (Phi) is 3.90. The normalized spacial score (nSPS) is 16.0. The Hall–Kier alpha value is -2.30. The molecule has 0 bridgehead atoms. The van der Waals surface area contributed by atoms with Gasteiger partial charge in [0.1, 0.15) is 5.82 Å². The van der Waals surface area contributed by atoms with Gasteiger partial charge in [0.05, 0.1) is 6.20 Å². The first-order valence-electron chi connectivity index (χ1n) is 7.33. The number of piperidine rings is 1. The van der Waals surface area contributed by atoms with Gasteiger partial charge >= 0.3 is 6.03 Å². The molecule has 0 unspecified atom stereocenters. The van der Waals surface area contributed by atoms with E-state index in [0.717, 1.165) is 31.7 Å². The second-order valence-corrected chi connectivity index (χ2v) is 5.44. The maximum Gasteiger partial charge on any atom is 0.322 e. The number of aryl methyl sites for hydroxylation is 1. The third-order valence-corrected chi connectivity index (χ3v) is 4.11. The van der Waals surface area contributed by atoms with Gasteiger partial charge in [-0.2, -0.15) is 5.10 Å². The van der Waals surface area contributed by atoms with Gasteiger partial charge in [-0.1, -0.05) is 30.3 Å². The first kappa shape index (κ1) is 13.7. The summed E-state index contributed by atoms with van der Waals surface area (Å²) in [4.78, 5) is 14.1. The monoisotopic (exact) mass is 284 g/mol. The molecule has 5 heteroatoms. The Bertz CT molecular complexity index is 600. The smallest absolute Gasteiger partial charge is 0.322 e. The van der Waals surface area contributed by atoms with Gasteiger partial charge in [0, 0.05) is 26.2 Å². The van der Waals surface area contributed by atoms with Crippen molar-refractivity contribution in [3.8, 4) is 0 Å². The maximum atomic E-state index is 12.2. The van der Waals surface area contributed by atoms with Crippen LogP contribution >= 0.6 is 0 Å². The minimum Gasteiger partial charge on any atom is -0.324 e. The van der Waals surface area contributed by atoms with Crippen LogP contribution in [0.4, 0.5) is 10.6 Å². The van der Waals surface area contributed by atoms with Crippen molar-refractivity contribution < 1.29 is 4.79 Å². The summed E-state index contributed by atoms with van der Waals surface area (Å²) < 4.78 is 1.66. The molecule has 5 nitrogen and oxygen atoms in total. The molecular weight excluding hydrogens is 264 g/mol. The molecule has 2 heterocycles. The van der Waals surface area contributed by atoms with Crippen LogP contribution in [0.15, 0.2) is 42.6 Å². The number of likely N-dealkylation sites (tertiary alicyclic amines) is 1. The Balaban J connectivity index is 1.56. The molecule has 0 saturated carbocycles. The number of nitrogens with zero attached hydrogens (tertiary/aromatic N) is 3. The SMILES string of the molecule is Cn1nccc1NC(=O)N1CCC(c2ccccc2)CC1. The first-order valence-corrected chi connectivity index (χ1v) is 7.33. The highest BCUT2D eigenvalue weighted by molar-refractivity contribution is 5.88. The van der Waals surface area contributed by atoms with E-state index in [4.69, 9.17) is 0 Å². The number of hydrogen-bond acceptors (Lipinski definition) is 2. The predicted octanol–water partition coefficient (Wildman–Crippen LogP) is 2.83.